The van der Waals surface area contributed by atoms with E-state index in [4.69, 9.17) is 0 Å². The van der Waals surface area contributed by atoms with Gasteiger partial charge in [0.1, 0.15) is 0 Å². The van der Waals surface area contributed by atoms with Gasteiger partial charge in [0, 0.05) is 17.1 Å². The van der Waals surface area contributed by atoms with Crippen molar-refractivity contribution in [2.45, 2.75) is 12.3 Å². The van der Waals surface area contributed by atoms with Crippen molar-refractivity contribution >= 4 is 22.1 Å². The predicted octanol–water partition coefficient (Wildman–Crippen LogP) is 13.7. The number of hydrogen-bond acceptors (Lipinski definition) is 1. The topological polar surface area (TPSA) is 3.24 Å². The average Bonchev–Trinajstić information content (AvgIpc) is 3.45. The minimum atomic E-state index is -0.579. The molecule has 1 atom stereocenters. The summed E-state index contributed by atoms with van der Waals surface area (Å²) < 4.78 is 0. The predicted molar refractivity (Wildman–Crippen MR) is 224 cm³/mol. The molecule has 0 fully saturated rings. The molecule has 1 heteroatoms. The summed E-state index contributed by atoms with van der Waals surface area (Å²) >= 11 is 0. The lowest BCUT2D eigenvalue weighted by molar-refractivity contribution is 0.776. The summed E-state index contributed by atoms with van der Waals surface area (Å²) in [6.07, 6.45) is 4.11. The molecule has 10 rings (SSSR count). The molecule has 0 saturated carbocycles. The van der Waals surface area contributed by atoms with Crippen LogP contribution in [-0.4, -0.2) is 0 Å². The molecule has 0 amide bonds. The molecule has 1 unspecified atom stereocenters. The summed E-state index contributed by atoms with van der Waals surface area (Å²) in [5, 5.41) is 2.50. The first-order valence-electron chi connectivity index (χ1n) is 18.4. The molecule has 250 valence electrons. The van der Waals surface area contributed by atoms with E-state index < -0.39 is 5.41 Å². The summed E-state index contributed by atoms with van der Waals surface area (Å²) in [7, 11) is 0. The molecule has 8 aromatic carbocycles. The SMILES string of the molecule is C=C/C(=C\C)N(c1ccc(-c2ccccc2)cc1)c1ccc2c(c1)C1(c3ccccc3-c3ccccc3-2)c2ccccc2-c2cc3ccccc3cc21. The summed E-state index contributed by atoms with van der Waals surface area (Å²) in [6.45, 7) is 6.37. The third-order valence-electron chi connectivity index (χ3n) is 11.4. The van der Waals surface area contributed by atoms with Gasteiger partial charge >= 0.3 is 0 Å². The number of benzene rings is 8. The number of fused-ring (bicyclic) bond motifs is 13. The van der Waals surface area contributed by atoms with Crippen LogP contribution in [0.1, 0.15) is 29.2 Å². The van der Waals surface area contributed by atoms with E-state index in [0.29, 0.717) is 0 Å². The van der Waals surface area contributed by atoms with Crippen molar-refractivity contribution in [1.82, 2.24) is 0 Å². The number of nitrogens with zero attached hydrogens (tertiary/aromatic N) is 1. The van der Waals surface area contributed by atoms with Gasteiger partial charge in [-0.25, -0.2) is 0 Å². The zero-order chi connectivity index (χ0) is 35.5. The van der Waals surface area contributed by atoms with Crippen molar-refractivity contribution in [3.63, 3.8) is 0 Å². The number of anilines is 2. The van der Waals surface area contributed by atoms with Gasteiger partial charge in [0.2, 0.25) is 0 Å². The smallest absolute Gasteiger partial charge is 0.0726 e. The lowest BCUT2D eigenvalue weighted by Crippen LogP contribution is -2.30. The molecule has 0 aromatic heterocycles. The Morgan fingerprint density at radius 2 is 0.925 bits per heavy atom. The Morgan fingerprint density at radius 1 is 0.434 bits per heavy atom. The molecule has 2 aliphatic rings. The van der Waals surface area contributed by atoms with Crippen molar-refractivity contribution in [3.8, 4) is 44.5 Å². The third kappa shape index (κ3) is 4.57. The van der Waals surface area contributed by atoms with E-state index in [0.717, 1.165) is 17.1 Å². The highest BCUT2D eigenvalue weighted by atomic mass is 15.1. The lowest BCUT2D eigenvalue weighted by atomic mass is 9.65. The maximum Gasteiger partial charge on any atom is 0.0726 e. The Bertz CT molecular complexity index is 2750. The van der Waals surface area contributed by atoms with Crippen LogP contribution >= 0.6 is 0 Å². The second-order valence-electron chi connectivity index (χ2n) is 14.0. The zero-order valence-corrected chi connectivity index (χ0v) is 29.6. The van der Waals surface area contributed by atoms with E-state index in [1.54, 1.807) is 0 Å². The minimum absolute atomic E-state index is 0.579. The van der Waals surface area contributed by atoms with Crippen molar-refractivity contribution in [1.29, 1.82) is 0 Å². The number of allylic oxidation sites excluding steroid dienone is 2. The van der Waals surface area contributed by atoms with Gasteiger partial charge in [-0.05, 0) is 127 Å². The Morgan fingerprint density at radius 3 is 1.57 bits per heavy atom. The van der Waals surface area contributed by atoms with Crippen LogP contribution in [0.3, 0.4) is 0 Å². The van der Waals surface area contributed by atoms with Crippen LogP contribution in [0.25, 0.3) is 55.3 Å². The maximum atomic E-state index is 4.28. The average molecular weight is 676 g/mol. The fourth-order valence-corrected chi connectivity index (χ4v) is 9.12. The van der Waals surface area contributed by atoms with Crippen molar-refractivity contribution in [3.05, 3.63) is 229 Å². The molecule has 0 saturated heterocycles. The van der Waals surface area contributed by atoms with Crippen molar-refractivity contribution < 1.29 is 0 Å². The van der Waals surface area contributed by atoms with Crippen LogP contribution in [0.4, 0.5) is 11.4 Å². The fraction of sp³-hybridized carbons (Fsp3) is 0.0385. The van der Waals surface area contributed by atoms with Crippen LogP contribution in [0.15, 0.2) is 206 Å². The Balaban J connectivity index is 1.31. The molecule has 0 heterocycles. The molecule has 1 nitrogen and oxygen atoms in total. The largest absolute Gasteiger partial charge is 0.311 e. The van der Waals surface area contributed by atoms with Crippen LogP contribution in [0, 0.1) is 0 Å². The monoisotopic (exact) mass is 675 g/mol. The van der Waals surface area contributed by atoms with Crippen LogP contribution in [-0.2, 0) is 5.41 Å². The highest BCUT2D eigenvalue weighted by Crippen LogP contribution is 2.62. The third-order valence-corrected chi connectivity index (χ3v) is 11.4. The zero-order valence-electron chi connectivity index (χ0n) is 29.6. The lowest BCUT2D eigenvalue weighted by Gasteiger charge is -2.36. The van der Waals surface area contributed by atoms with Gasteiger partial charge in [0.25, 0.3) is 0 Å². The number of hydrogen-bond donors (Lipinski definition) is 0. The normalized spacial score (nSPS) is 15.2. The number of rotatable bonds is 5. The van der Waals surface area contributed by atoms with E-state index >= 15 is 0 Å². The van der Waals surface area contributed by atoms with Crippen LogP contribution in [0.5, 0.6) is 0 Å². The Labute approximate surface area is 311 Å². The summed E-state index contributed by atoms with van der Waals surface area (Å²) in [5.74, 6) is 0. The van der Waals surface area contributed by atoms with E-state index in [1.807, 2.05) is 6.08 Å². The Hall–Kier alpha value is -6.70. The van der Waals surface area contributed by atoms with E-state index in [-0.39, 0.29) is 0 Å². The first-order chi connectivity index (χ1) is 26.2. The molecule has 8 aromatic rings. The van der Waals surface area contributed by atoms with E-state index in [2.05, 4.69) is 206 Å². The maximum absolute atomic E-state index is 4.28. The molecule has 1 spiro atoms. The molecule has 0 N–H and O–H groups in total. The van der Waals surface area contributed by atoms with Gasteiger partial charge in [-0.15, -0.1) is 0 Å². The second-order valence-corrected chi connectivity index (χ2v) is 14.0. The van der Waals surface area contributed by atoms with E-state index in [9.17, 15) is 0 Å². The Kier molecular flexibility index (Phi) is 7.16. The van der Waals surface area contributed by atoms with Gasteiger partial charge in [0.05, 0.1) is 5.41 Å². The molecular formula is C52H37N. The highest BCUT2D eigenvalue weighted by molar-refractivity contribution is 6.01. The summed E-state index contributed by atoms with van der Waals surface area (Å²) in [5.41, 5.74) is 17.8. The molecule has 2 aliphatic carbocycles. The molecular weight excluding hydrogens is 639 g/mol. The minimum Gasteiger partial charge on any atom is -0.311 e. The highest BCUT2D eigenvalue weighted by Gasteiger charge is 2.50. The van der Waals surface area contributed by atoms with Gasteiger partial charge in [0.15, 0.2) is 0 Å². The van der Waals surface area contributed by atoms with Crippen molar-refractivity contribution in [2.75, 3.05) is 4.90 Å². The summed E-state index contributed by atoms with van der Waals surface area (Å²) in [4.78, 5) is 2.35. The van der Waals surface area contributed by atoms with Crippen molar-refractivity contribution in [2.24, 2.45) is 0 Å². The first kappa shape index (κ1) is 31.1. The first-order valence-corrected chi connectivity index (χ1v) is 18.4. The fourth-order valence-electron chi connectivity index (χ4n) is 9.12. The molecule has 0 aliphatic heterocycles. The molecule has 0 bridgehead atoms. The second kappa shape index (κ2) is 12.2. The van der Waals surface area contributed by atoms with Crippen LogP contribution < -0.4 is 4.90 Å². The molecule has 53 heavy (non-hydrogen) atoms. The molecule has 0 radical (unpaired) electrons. The quantitative estimate of drug-likeness (QED) is 0.164. The summed E-state index contributed by atoms with van der Waals surface area (Å²) in [6, 6.07) is 67.4. The standard InChI is InChI=1S/C52H37N/c1-3-39(4-2)53(40-28-26-36(27-29-40)35-16-6-5-7-17-35)41-30-31-46-43-21-11-10-20-42(43)44-22-12-14-24-48(44)52(51(46)34-41)49-25-15-13-23-45(49)47-32-37-18-8-9-19-38(37)33-50(47)52/h3-34H,1H2,2H3/b39-4+. The van der Waals surface area contributed by atoms with Gasteiger partial charge in [-0.3, -0.25) is 0 Å². The van der Waals surface area contributed by atoms with Gasteiger partial charge < -0.3 is 4.90 Å². The van der Waals surface area contributed by atoms with Gasteiger partial charge in [-0.2, -0.15) is 0 Å². The van der Waals surface area contributed by atoms with E-state index in [1.165, 1.54) is 77.5 Å². The van der Waals surface area contributed by atoms with Crippen LogP contribution in [0.2, 0.25) is 0 Å². The van der Waals surface area contributed by atoms with Gasteiger partial charge in [-0.1, -0.05) is 158 Å².